The van der Waals surface area contributed by atoms with E-state index in [0.717, 1.165) is 3.63 Å². The molecule has 1 fully saturated rings. The van der Waals surface area contributed by atoms with Gasteiger partial charge >= 0.3 is 144 Å². The van der Waals surface area contributed by atoms with Gasteiger partial charge in [0.05, 0.1) is 0 Å². The third-order valence-electron chi connectivity index (χ3n) is 6.43. The maximum absolute atomic E-state index is 2.48. The van der Waals surface area contributed by atoms with Gasteiger partial charge < -0.3 is 24.8 Å². The average Bonchev–Trinajstić information content (AvgIpc) is 3.19. The summed E-state index contributed by atoms with van der Waals surface area (Å²) in [6.45, 7) is 4.69. The molecule has 0 nitrogen and oxygen atoms in total. The Kier molecular flexibility index (Phi) is 5.24. The van der Waals surface area contributed by atoms with E-state index in [4.69, 9.17) is 0 Å². The maximum atomic E-state index is 2.48. The molecule has 0 bridgehead atoms. The van der Waals surface area contributed by atoms with Gasteiger partial charge in [-0.3, -0.25) is 0 Å². The zero-order chi connectivity index (χ0) is 15.6. The van der Waals surface area contributed by atoms with Gasteiger partial charge in [-0.05, 0) is 0 Å². The Morgan fingerprint density at radius 3 is 1.76 bits per heavy atom. The monoisotopic (exact) mass is 446 g/mol. The first-order valence-corrected chi connectivity index (χ1v) is 14.9. The van der Waals surface area contributed by atoms with Crippen LogP contribution in [0.3, 0.4) is 0 Å². The minimum atomic E-state index is -2.26. The first kappa shape index (κ1) is 19.2. The number of hydrogen-bond donors (Lipinski definition) is 0. The molecule has 0 radical (unpaired) electrons. The van der Waals surface area contributed by atoms with Crippen molar-refractivity contribution in [1.82, 2.24) is 0 Å². The van der Waals surface area contributed by atoms with Crippen LogP contribution in [0.25, 0.3) is 11.1 Å². The van der Waals surface area contributed by atoms with E-state index in [1.807, 2.05) is 3.28 Å². The van der Waals surface area contributed by atoms with Gasteiger partial charge in [-0.2, -0.15) is 0 Å². The molecule has 0 unspecified atom stereocenters. The molecule has 0 spiro atoms. The molecule has 1 heterocycles. The smallest absolute Gasteiger partial charge is 1.00 e. The molecule has 2 aromatic rings. The van der Waals surface area contributed by atoms with Crippen LogP contribution in [0, 0.1) is 0 Å². The van der Waals surface area contributed by atoms with E-state index in [1.165, 1.54) is 17.5 Å². The Bertz CT molecular complexity index is 845. The second-order valence-corrected chi connectivity index (χ2v) is 18.5. The van der Waals surface area contributed by atoms with Crippen LogP contribution >= 0.6 is 0 Å². The van der Waals surface area contributed by atoms with Gasteiger partial charge in [-0.1, -0.05) is 0 Å². The zero-order valence-corrected chi connectivity index (χ0v) is 18.6. The Morgan fingerprint density at radius 1 is 0.800 bits per heavy atom. The quantitative estimate of drug-likeness (QED) is 0.624. The zero-order valence-electron chi connectivity index (χ0n) is 14.7. The summed E-state index contributed by atoms with van der Waals surface area (Å²) in [5.41, 5.74) is 9.51. The number of allylic oxidation sites excluding steroid dienone is 4. The maximum Gasteiger partial charge on any atom is -1.00 e. The molecule has 3 aliphatic rings. The molecule has 0 atom stereocenters. The molecule has 3 heteroatoms. The van der Waals surface area contributed by atoms with Crippen LogP contribution in [0.1, 0.15) is 35.0 Å². The van der Waals surface area contributed by atoms with Crippen LogP contribution < -0.4 is 24.8 Å². The van der Waals surface area contributed by atoms with Crippen molar-refractivity contribution in [2.75, 3.05) is 0 Å². The van der Waals surface area contributed by atoms with E-state index < -0.39 is 20.3 Å². The molecule has 0 aromatic heterocycles. The summed E-state index contributed by atoms with van der Waals surface area (Å²) in [5.74, 6) is 0. The molecule has 5 rings (SSSR count). The number of halogens is 2. The summed E-state index contributed by atoms with van der Waals surface area (Å²) in [5, 5.41) is 0. The largest absolute Gasteiger partial charge is 1.00 e. The van der Waals surface area contributed by atoms with Crippen molar-refractivity contribution >= 4 is 0 Å². The van der Waals surface area contributed by atoms with Crippen LogP contribution in [0.4, 0.5) is 0 Å². The number of fused-ring (bicyclic) bond motifs is 3. The Hall–Kier alpha value is -0.617. The average molecular weight is 449 g/mol. The minimum Gasteiger partial charge on any atom is -1.00 e. The standard InChI is InChI=1S/C13H9.C7H9.C2H4.2ClH.Zr/c1-3-7-12-10(5-1)9-11-6-2-4-8-13(11)12;1-6-4-3-5-7(6)2;1-2;;;/h1-9H;4H,3H2,1-2H3;1-2H2;2*1H;/q;;;;;+2/p-2. The van der Waals surface area contributed by atoms with Crippen molar-refractivity contribution < 1.29 is 45.1 Å². The van der Waals surface area contributed by atoms with Crippen LogP contribution in [-0.2, 0) is 20.3 Å². The molecule has 1 aliphatic heterocycles. The molecule has 128 valence electrons. The molecule has 0 N–H and O–H groups in total. The van der Waals surface area contributed by atoms with Crippen LogP contribution in [0.15, 0.2) is 69.0 Å². The van der Waals surface area contributed by atoms with Crippen molar-refractivity contribution in [3.05, 3.63) is 80.2 Å². The summed E-state index contributed by atoms with van der Waals surface area (Å²) < 4.78 is 5.79. The predicted octanol–water partition coefficient (Wildman–Crippen LogP) is 0.393. The predicted molar refractivity (Wildman–Crippen MR) is 94.4 cm³/mol. The molecule has 0 saturated carbocycles. The fourth-order valence-corrected chi connectivity index (χ4v) is 21.1. The third kappa shape index (κ3) is 2.66. The molecule has 0 amide bonds. The minimum absolute atomic E-state index is 0. The molecule has 2 aliphatic carbocycles. The van der Waals surface area contributed by atoms with Gasteiger partial charge in [0.2, 0.25) is 0 Å². The second kappa shape index (κ2) is 6.84. The molecule has 2 aromatic carbocycles. The number of rotatable bonds is 2. The van der Waals surface area contributed by atoms with E-state index in [9.17, 15) is 0 Å². The van der Waals surface area contributed by atoms with E-state index >= 15 is 0 Å². The van der Waals surface area contributed by atoms with E-state index in [0.29, 0.717) is 0 Å². The van der Waals surface area contributed by atoms with Crippen molar-refractivity contribution in [3.8, 4) is 11.1 Å². The van der Waals surface area contributed by atoms with Gasteiger partial charge in [0.25, 0.3) is 0 Å². The molecular formula is C22H22Cl2Zr. The van der Waals surface area contributed by atoms with Crippen LogP contribution in [0.2, 0.25) is 8.26 Å². The summed E-state index contributed by atoms with van der Waals surface area (Å²) in [4.78, 5) is 0. The number of hydrogen-bond acceptors (Lipinski definition) is 0. The van der Waals surface area contributed by atoms with Gasteiger partial charge in [0.15, 0.2) is 0 Å². The fourth-order valence-electron chi connectivity index (χ4n) is 5.03. The van der Waals surface area contributed by atoms with Gasteiger partial charge in [-0.25, -0.2) is 0 Å². The first-order chi connectivity index (χ1) is 11.2. The van der Waals surface area contributed by atoms with E-state index in [-0.39, 0.29) is 24.8 Å². The van der Waals surface area contributed by atoms with Gasteiger partial charge in [-0.15, -0.1) is 0 Å². The fraction of sp³-hybridized carbons (Fsp3) is 0.273. The number of benzene rings is 2. The second-order valence-electron chi connectivity index (χ2n) is 7.46. The molecule has 25 heavy (non-hydrogen) atoms. The van der Waals surface area contributed by atoms with Gasteiger partial charge in [0.1, 0.15) is 0 Å². The first-order valence-electron chi connectivity index (χ1n) is 8.78. The van der Waals surface area contributed by atoms with E-state index in [2.05, 4.69) is 68.5 Å². The Labute approximate surface area is 167 Å². The summed E-state index contributed by atoms with van der Waals surface area (Å²) >= 11 is -2.26. The normalized spacial score (nSPS) is 18.2. The van der Waals surface area contributed by atoms with Crippen molar-refractivity contribution in [2.24, 2.45) is 0 Å². The summed E-state index contributed by atoms with van der Waals surface area (Å²) in [6, 6.07) is 18.4. The van der Waals surface area contributed by atoms with Crippen LogP contribution in [-0.4, -0.2) is 0 Å². The van der Waals surface area contributed by atoms with Crippen molar-refractivity contribution in [3.63, 3.8) is 0 Å². The van der Waals surface area contributed by atoms with Crippen molar-refractivity contribution in [1.29, 1.82) is 0 Å². The SMILES string of the molecule is CC1=CC[C]([Zr+2]2([CH]3c4ccccc4-c4ccccc43)[CH2][CH2]2)=C1C.[Cl-].[Cl-]. The van der Waals surface area contributed by atoms with Crippen molar-refractivity contribution in [2.45, 2.75) is 32.2 Å². The van der Waals surface area contributed by atoms with Gasteiger partial charge in [0, 0.05) is 0 Å². The topological polar surface area (TPSA) is 0 Å². The Morgan fingerprint density at radius 2 is 1.32 bits per heavy atom. The summed E-state index contributed by atoms with van der Waals surface area (Å²) in [7, 11) is 0. The molecule has 1 saturated heterocycles. The third-order valence-corrected chi connectivity index (χ3v) is 18.9. The Balaban J connectivity index is 0.000000911. The molecular weight excluding hydrogens is 426 g/mol. The summed E-state index contributed by atoms with van der Waals surface area (Å²) in [6.07, 6.45) is 3.74. The van der Waals surface area contributed by atoms with Crippen LogP contribution in [0.5, 0.6) is 0 Å². The van der Waals surface area contributed by atoms with E-state index in [1.54, 1.807) is 30.5 Å².